The number of alkyl halides is 3. The van der Waals surface area contributed by atoms with E-state index < -0.39 is 35.9 Å². The van der Waals surface area contributed by atoms with Gasteiger partial charge in [0.2, 0.25) is 10.0 Å². The molecule has 0 radical (unpaired) electrons. The second-order valence-electron chi connectivity index (χ2n) is 3.53. The maximum absolute atomic E-state index is 12.3. The predicted molar refractivity (Wildman–Crippen MR) is 55.1 cm³/mol. The second kappa shape index (κ2) is 5.24. The van der Waals surface area contributed by atoms with Crippen molar-refractivity contribution in [1.29, 1.82) is 0 Å². The standard InChI is InChI=1S/C8H12F3N3O3S/c1-13-5-7(4-12-13)18(16,17)14(2-3-15)6-8(9,10)11/h4-5,15H,2-3,6H2,1H3. The molecule has 0 amide bonds. The lowest BCUT2D eigenvalue weighted by molar-refractivity contribution is -0.136. The van der Waals surface area contributed by atoms with Crippen LogP contribution in [0.25, 0.3) is 0 Å². The molecule has 0 atom stereocenters. The topological polar surface area (TPSA) is 75.4 Å². The van der Waals surface area contributed by atoms with E-state index >= 15 is 0 Å². The number of aliphatic hydroxyl groups excluding tert-OH is 1. The molecule has 1 aromatic heterocycles. The fraction of sp³-hybridized carbons (Fsp3) is 0.625. The van der Waals surface area contributed by atoms with Crippen molar-refractivity contribution in [2.24, 2.45) is 7.05 Å². The summed E-state index contributed by atoms with van der Waals surface area (Å²) in [5, 5.41) is 12.2. The van der Waals surface area contributed by atoms with E-state index in [0.717, 1.165) is 17.1 Å². The Hall–Kier alpha value is -1.13. The third-order valence-electron chi connectivity index (χ3n) is 2.02. The molecule has 10 heteroatoms. The van der Waals surface area contributed by atoms with E-state index in [1.807, 2.05) is 0 Å². The molecular weight excluding hydrogens is 275 g/mol. The average molecular weight is 287 g/mol. The fourth-order valence-electron chi connectivity index (χ4n) is 1.28. The van der Waals surface area contributed by atoms with Crippen molar-refractivity contribution < 1.29 is 26.7 Å². The smallest absolute Gasteiger partial charge is 0.395 e. The van der Waals surface area contributed by atoms with Crippen LogP contribution in [0.5, 0.6) is 0 Å². The molecule has 6 nitrogen and oxygen atoms in total. The summed E-state index contributed by atoms with van der Waals surface area (Å²) in [6.07, 6.45) is -2.63. The number of sulfonamides is 1. The highest BCUT2D eigenvalue weighted by atomic mass is 32.2. The van der Waals surface area contributed by atoms with Gasteiger partial charge in [-0.05, 0) is 0 Å². The van der Waals surface area contributed by atoms with Crippen LogP contribution in [-0.2, 0) is 17.1 Å². The van der Waals surface area contributed by atoms with E-state index in [2.05, 4.69) is 5.10 Å². The Balaban J connectivity index is 3.04. The highest BCUT2D eigenvalue weighted by Crippen LogP contribution is 2.21. The number of nitrogens with zero attached hydrogens (tertiary/aromatic N) is 3. The van der Waals surface area contributed by atoms with Gasteiger partial charge in [0.15, 0.2) is 0 Å². The molecule has 1 heterocycles. The Labute approximate surface area is 102 Å². The first-order valence-corrected chi connectivity index (χ1v) is 6.27. The Kier molecular flexibility index (Phi) is 4.35. The molecule has 1 aromatic rings. The molecule has 0 fully saturated rings. The van der Waals surface area contributed by atoms with Crippen LogP contribution in [0, 0.1) is 0 Å². The number of aliphatic hydroxyl groups is 1. The minimum absolute atomic E-state index is 0.171. The van der Waals surface area contributed by atoms with Crippen molar-refractivity contribution in [3.8, 4) is 0 Å². The number of hydrogen-bond acceptors (Lipinski definition) is 4. The van der Waals surface area contributed by atoms with Gasteiger partial charge in [0.05, 0.1) is 12.8 Å². The van der Waals surface area contributed by atoms with Gasteiger partial charge in [-0.1, -0.05) is 0 Å². The van der Waals surface area contributed by atoms with Gasteiger partial charge in [-0.2, -0.15) is 22.6 Å². The summed E-state index contributed by atoms with van der Waals surface area (Å²) in [6.45, 7) is -2.98. The van der Waals surface area contributed by atoms with Crippen molar-refractivity contribution in [3.63, 3.8) is 0 Å². The molecule has 0 aliphatic heterocycles. The lowest BCUT2D eigenvalue weighted by atomic mass is 10.6. The van der Waals surface area contributed by atoms with Crippen LogP contribution in [0.15, 0.2) is 17.3 Å². The van der Waals surface area contributed by atoms with Crippen LogP contribution in [0.3, 0.4) is 0 Å². The maximum Gasteiger partial charge on any atom is 0.402 e. The Morgan fingerprint density at radius 3 is 2.50 bits per heavy atom. The lowest BCUT2D eigenvalue weighted by Gasteiger charge is -2.21. The van der Waals surface area contributed by atoms with E-state index in [1.54, 1.807) is 0 Å². The third kappa shape index (κ3) is 3.68. The van der Waals surface area contributed by atoms with Gasteiger partial charge >= 0.3 is 6.18 Å². The van der Waals surface area contributed by atoms with Gasteiger partial charge in [0.25, 0.3) is 0 Å². The Bertz CT molecular complexity index is 497. The minimum atomic E-state index is -4.68. The minimum Gasteiger partial charge on any atom is -0.395 e. The van der Waals surface area contributed by atoms with Crippen LogP contribution < -0.4 is 0 Å². The first-order valence-electron chi connectivity index (χ1n) is 4.83. The van der Waals surface area contributed by atoms with E-state index in [1.165, 1.54) is 7.05 Å². The Morgan fingerprint density at radius 1 is 1.50 bits per heavy atom. The largest absolute Gasteiger partial charge is 0.402 e. The van der Waals surface area contributed by atoms with Crippen molar-refractivity contribution in [1.82, 2.24) is 14.1 Å². The van der Waals surface area contributed by atoms with Crippen LogP contribution in [0.1, 0.15) is 0 Å². The van der Waals surface area contributed by atoms with Crippen molar-refractivity contribution in [2.45, 2.75) is 11.1 Å². The van der Waals surface area contributed by atoms with Crippen molar-refractivity contribution in [2.75, 3.05) is 19.7 Å². The molecule has 0 aromatic carbocycles. The molecule has 0 aliphatic carbocycles. The summed E-state index contributed by atoms with van der Waals surface area (Å²) in [6, 6.07) is 0. The van der Waals surface area contributed by atoms with Crippen LogP contribution >= 0.6 is 0 Å². The average Bonchev–Trinajstić information content (AvgIpc) is 2.63. The van der Waals surface area contributed by atoms with Gasteiger partial charge in [0, 0.05) is 19.8 Å². The third-order valence-corrected chi connectivity index (χ3v) is 3.82. The predicted octanol–water partition coefficient (Wildman–Crippen LogP) is -0.0346. The molecule has 0 bridgehead atoms. The van der Waals surface area contributed by atoms with Gasteiger partial charge < -0.3 is 5.11 Å². The number of hydrogen-bond donors (Lipinski definition) is 1. The van der Waals surface area contributed by atoms with E-state index in [0.29, 0.717) is 0 Å². The van der Waals surface area contributed by atoms with E-state index in [4.69, 9.17) is 5.11 Å². The number of aryl methyl sites for hydroxylation is 1. The van der Waals surface area contributed by atoms with Crippen LogP contribution in [0.2, 0.25) is 0 Å². The first kappa shape index (κ1) is 14.9. The van der Waals surface area contributed by atoms with Gasteiger partial charge in [-0.15, -0.1) is 0 Å². The van der Waals surface area contributed by atoms with E-state index in [-0.39, 0.29) is 9.20 Å². The molecule has 1 rings (SSSR count). The normalized spacial score (nSPS) is 13.2. The number of halogens is 3. The van der Waals surface area contributed by atoms with E-state index in [9.17, 15) is 21.6 Å². The highest BCUT2D eigenvalue weighted by molar-refractivity contribution is 7.89. The molecule has 0 saturated carbocycles. The number of rotatable bonds is 5. The van der Waals surface area contributed by atoms with Gasteiger partial charge in [-0.3, -0.25) is 4.68 Å². The van der Waals surface area contributed by atoms with Crippen molar-refractivity contribution in [3.05, 3.63) is 12.4 Å². The number of aromatic nitrogens is 2. The zero-order valence-electron chi connectivity index (χ0n) is 9.42. The monoisotopic (exact) mass is 287 g/mol. The molecule has 0 aliphatic rings. The second-order valence-corrected chi connectivity index (χ2v) is 5.47. The SMILES string of the molecule is Cn1cc(S(=O)(=O)N(CCO)CC(F)(F)F)cn1. The Morgan fingerprint density at radius 2 is 2.11 bits per heavy atom. The van der Waals surface area contributed by atoms with Crippen LogP contribution in [0.4, 0.5) is 13.2 Å². The molecule has 0 unspecified atom stereocenters. The molecule has 0 saturated heterocycles. The summed E-state index contributed by atoms with van der Waals surface area (Å²) in [4.78, 5) is -0.345. The molecule has 1 N–H and O–H groups in total. The lowest BCUT2D eigenvalue weighted by Crippen LogP contribution is -2.40. The summed E-state index contributed by atoms with van der Waals surface area (Å²) >= 11 is 0. The highest BCUT2D eigenvalue weighted by Gasteiger charge is 2.37. The maximum atomic E-state index is 12.3. The quantitative estimate of drug-likeness (QED) is 0.825. The summed E-state index contributed by atoms with van der Waals surface area (Å²) in [5.41, 5.74) is 0. The first-order chi connectivity index (χ1) is 8.16. The summed E-state index contributed by atoms with van der Waals surface area (Å²) in [5.74, 6) is 0. The molecular formula is C8H12F3N3O3S. The van der Waals surface area contributed by atoms with Gasteiger partial charge in [0.1, 0.15) is 11.4 Å². The van der Waals surface area contributed by atoms with Crippen LogP contribution in [-0.4, -0.2) is 53.5 Å². The zero-order valence-corrected chi connectivity index (χ0v) is 10.2. The summed E-state index contributed by atoms with van der Waals surface area (Å²) in [7, 11) is -2.86. The fourth-order valence-corrected chi connectivity index (χ4v) is 2.68. The summed E-state index contributed by atoms with van der Waals surface area (Å²) < 4.78 is 61.9. The molecule has 18 heavy (non-hydrogen) atoms. The molecule has 0 spiro atoms. The van der Waals surface area contributed by atoms with Crippen molar-refractivity contribution >= 4 is 10.0 Å². The zero-order chi connectivity index (χ0) is 14.0. The molecule has 104 valence electrons. The van der Waals surface area contributed by atoms with Gasteiger partial charge in [-0.25, -0.2) is 8.42 Å².